The molecule has 3 rings (SSSR count). The third-order valence-corrected chi connectivity index (χ3v) is 4.28. The van der Waals surface area contributed by atoms with Gasteiger partial charge in [0.25, 0.3) is 5.56 Å². The first-order chi connectivity index (χ1) is 13.8. The quantitative estimate of drug-likeness (QED) is 0.469. The zero-order chi connectivity index (χ0) is 20.9. The molecule has 2 N–H and O–H groups in total. The van der Waals surface area contributed by atoms with Crippen LogP contribution >= 0.6 is 11.6 Å². The molecule has 0 bridgehead atoms. The molecule has 0 radical (unpaired) electrons. The number of halogens is 1. The summed E-state index contributed by atoms with van der Waals surface area (Å²) < 4.78 is 5.75. The largest absolute Gasteiger partial charge is 0.487 e. The van der Waals surface area contributed by atoms with E-state index in [1.165, 1.54) is 0 Å². The number of aromatic amines is 1. The second kappa shape index (κ2) is 8.87. The maximum atomic E-state index is 12.1. The maximum Gasteiger partial charge on any atom is 0.274 e. The Morgan fingerprint density at radius 3 is 2.59 bits per heavy atom. The van der Waals surface area contributed by atoms with Gasteiger partial charge in [0.05, 0.1) is 11.2 Å². The van der Waals surface area contributed by atoms with Crippen LogP contribution < -0.4 is 15.7 Å². The molecule has 1 heterocycles. The van der Waals surface area contributed by atoms with E-state index >= 15 is 0 Å². The van der Waals surface area contributed by atoms with Crippen molar-refractivity contribution in [2.24, 2.45) is 5.10 Å². The minimum atomic E-state index is -0.385. The molecular formula is C21H22ClN5O2. The second-order valence-electron chi connectivity index (χ2n) is 7.44. The van der Waals surface area contributed by atoms with E-state index < -0.39 is 0 Å². The second-order valence-corrected chi connectivity index (χ2v) is 7.84. The van der Waals surface area contributed by atoms with Crippen LogP contribution in [0.2, 0.25) is 5.02 Å². The van der Waals surface area contributed by atoms with E-state index in [2.05, 4.69) is 25.7 Å². The summed E-state index contributed by atoms with van der Waals surface area (Å²) in [5, 5.41) is 12.5. The van der Waals surface area contributed by atoms with E-state index in [4.69, 9.17) is 16.3 Å². The van der Waals surface area contributed by atoms with Crippen LogP contribution in [0.5, 0.6) is 5.75 Å². The molecule has 0 amide bonds. The maximum absolute atomic E-state index is 12.1. The van der Waals surface area contributed by atoms with Crippen LogP contribution in [-0.2, 0) is 12.0 Å². The fourth-order valence-electron chi connectivity index (χ4n) is 2.50. The van der Waals surface area contributed by atoms with Gasteiger partial charge in [-0.3, -0.25) is 9.78 Å². The molecule has 0 unspecified atom stereocenters. The molecule has 29 heavy (non-hydrogen) atoms. The summed E-state index contributed by atoms with van der Waals surface area (Å²) >= 11 is 6.30. The molecule has 0 aliphatic carbocycles. The number of nitrogens with one attached hydrogen (secondary N) is 2. The number of hydrazone groups is 1. The summed E-state index contributed by atoms with van der Waals surface area (Å²) in [4.78, 5) is 14.7. The topological polar surface area (TPSA) is 92.3 Å². The highest BCUT2D eigenvalue weighted by Crippen LogP contribution is 2.25. The van der Waals surface area contributed by atoms with Crippen LogP contribution in [0.1, 0.15) is 37.6 Å². The van der Waals surface area contributed by atoms with Gasteiger partial charge >= 0.3 is 0 Å². The lowest BCUT2D eigenvalue weighted by Gasteiger charge is -2.15. The molecule has 0 spiro atoms. The van der Waals surface area contributed by atoms with E-state index in [-0.39, 0.29) is 16.9 Å². The number of anilines is 1. The van der Waals surface area contributed by atoms with Gasteiger partial charge in [0, 0.05) is 5.41 Å². The Hall–Kier alpha value is -3.19. The van der Waals surface area contributed by atoms with Crippen molar-refractivity contribution in [2.75, 3.05) is 5.43 Å². The molecule has 0 saturated carbocycles. The summed E-state index contributed by atoms with van der Waals surface area (Å²) in [7, 11) is 0. The molecule has 2 aromatic carbocycles. The fourth-order valence-corrected chi connectivity index (χ4v) is 2.74. The van der Waals surface area contributed by atoms with Crippen molar-refractivity contribution in [1.82, 2.24) is 15.2 Å². The van der Waals surface area contributed by atoms with Crippen LogP contribution in [0.4, 0.5) is 5.95 Å². The molecule has 8 heteroatoms. The average Bonchev–Trinajstić information content (AvgIpc) is 2.67. The van der Waals surface area contributed by atoms with E-state index in [1.54, 1.807) is 18.3 Å². The highest BCUT2D eigenvalue weighted by molar-refractivity contribution is 6.32. The first-order valence-corrected chi connectivity index (χ1v) is 9.43. The van der Waals surface area contributed by atoms with Crippen LogP contribution in [0.25, 0.3) is 0 Å². The number of benzene rings is 2. The number of aromatic nitrogens is 3. The van der Waals surface area contributed by atoms with E-state index in [0.717, 1.165) is 11.1 Å². The Labute approximate surface area is 173 Å². The lowest BCUT2D eigenvalue weighted by Crippen LogP contribution is -2.28. The number of nitrogens with zero attached hydrogens (tertiary/aromatic N) is 3. The van der Waals surface area contributed by atoms with Gasteiger partial charge in [-0.15, -0.1) is 10.2 Å². The monoisotopic (exact) mass is 411 g/mol. The zero-order valence-corrected chi connectivity index (χ0v) is 17.2. The highest BCUT2D eigenvalue weighted by atomic mass is 35.5. The average molecular weight is 412 g/mol. The molecule has 3 aromatic rings. The van der Waals surface area contributed by atoms with Crippen molar-refractivity contribution in [3.63, 3.8) is 0 Å². The Kier molecular flexibility index (Phi) is 6.29. The van der Waals surface area contributed by atoms with Crippen molar-refractivity contribution in [3.8, 4) is 5.75 Å². The van der Waals surface area contributed by atoms with Crippen LogP contribution in [0, 0.1) is 0 Å². The van der Waals surface area contributed by atoms with Crippen LogP contribution in [0.3, 0.4) is 0 Å². The van der Waals surface area contributed by atoms with Crippen LogP contribution in [-0.4, -0.2) is 21.4 Å². The Morgan fingerprint density at radius 2 is 1.93 bits per heavy atom. The van der Waals surface area contributed by atoms with E-state index in [0.29, 0.717) is 23.1 Å². The fraction of sp³-hybridized carbons (Fsp3) is 0.238. The van der Waals surface area contributed by atoms with Gasteiger partial charge in [-0.05, 0) is 29.3 Å². The van der Waals surface area contributed by atoms with Crippen molar-refractivity contribution in [3.05, 3.63) is 80.7 Å². The first kappa shape index (κ1) is 20.5. The Bertz CT molecular complexity index is 1060. The number of hydrogen-bond donors (Lipinski definition) is 2. The number of ether oxygens (including phenoxy) is 1. The SMILES string of the molecule is CC(C)(C)c1nnc(N/N=C/c2ccc(OCc3ccccc3)c(Cl)c2)[nH]c1=O. The molecule has 150 valence electrons. The number of rotatable bonds is 6. The summed E-state index contributed by atoms with van der Waals surface area (Å²) in [6.07, 6.45) is 1.56. The molecule has 0 aliphatic rings. The molecule has 0 fully saturated rings. The first-order valence-electron chi connectivity index (χ1n) is 9.06. The Morgan fingerprint density at radius 1 is 1.17 bits per heavy atom. The van der Waals surface area contributed by atoms with E-state index in [1.807, 2.05) is 57.2 Å². The Balaban J connectivity index is 1.62. The summed E-state index contributed by atoms with van der Waals surface area (Å²) in [6, 6.07) is 15.2. The number of H-pyrrole nitrogens is 1. The van der Waals surface area contributed by atoms with E-state index in [9.17, 15) is 4.79 Å². The van der Waals surface area contributed by atoms with Crippen molar-refractivity contribution >= 4 is 23.8 Å². The minimum absolute atomic E-state index is 0.160. The van der Waals surface area contributed by atoms with Gasteiger partial charge in [0.15, 0.2) is 0 Å². The van der Waals surface area contributed by atoms with Gasteiger partial charge in [-0.2, -0.15) is 5.10 Å². The summed E-state index contributed by atoms with van der Waals surface area (Å²) in [6.45, 7) is 6.13. The summed E-state index contributed by atoms with van der Waals surface area (Å²) in [5.74, 6) is 0.752. The predicted octanol–water partition coefficient (Wildman–Crippen LogP) is 4.14. The number of hydrogen-bond acceptors (Lipinski definition) is 6. The zero-order valence-electron chi connectivity index (χ0n) is 16.4. The van der Waals surface area contributed by atoms with Crippen molar-refractivity contribution in [2.45, 2.75) is 32.8 Å². The predicted molar refractivity (Wildman–Crippen MR) is 115 cm³/mol. The van der Waals surface area contributed by atoms with Crippen LogP contribution in [0.15, 0.2) is 58.4 Å². The van der Waals surface area contributed by atoms with Gasteiger partial charge in [-0.25, -0.2) is 5.43 Å². The van der Waals surface area contributed by atoms with Gasteiger partial charge in [0.2, 0.25) is 5.95 Å². The lowest BCUT2D eigenvalue weighted by molar-refractivity contribution is 0.306. The molecule has 0 aliphatic heterocycles. The molecule has 7 nitrogen and oxygen atoms in total. The molecule has 0 atom stereocenters. The lowest BCUT2D eigenvalue weighted by atomic mass is 9.93. The van der Waals surface area contributed by atoms with Gasteiger partial charge < -0.3 is 4.74 Å². The highest BCUT2D eigenvalue weighted by Gasteiger charge is 2.20. The minimum Gasteiger partial charge on any atom is -0.487 e. The van der Waals surface area contributed by atoms with Crippen molar-refractivity contribution in [1.29, 1.82) is 0 Å². The van der Waals surface area contributed by atoms with Gasteiger partial charge in [-0.1, -0.05) is 62.7 Å². The normalized spacial score (nSPS) is 11.6. The van der Waals surface area contributed by atoms with Crippen molar-refractivity contribution < 1.29 is 4.74 Å². The third-order valence-electron chi connectivity index (χ3n) is 3.98. The third kappa shape index (κ3) is 5.65. The summed E-state index contributed by atoms with van der Waals surface area (Å²) in [5.41, 5.74) is 4.16. The molecule has 0 saturated heterocycles. The molecule has 1 aromatic heterocycles. The smallest absolute Gasteiger partial charge is 0.274 e. The molecular weight excluding hydrogens is 390 g/mol. The standard InChI is InChI=1S/C21H22ClN5O2/c1-21(2,3)18-19(28)24-20(27-25-18)26-23-12-15-9-10-17(16(22)11-15)29-13-14-7-5-4-6-8-14/h4-12H,13H2,1-3H3,(H2,24,26,27,28)/b23-12+. The van der Waals surface area contributed by atoms with Gasteiger partial charge in [0.1, 0.15) is 18.1 Å².